The highest BCUT2D eigenvalue weighted by atomic mass is 16.1. The largest absolute Gasteiger partial charge is 0.345 e. The molecule has 1 amide bonds. The molecule has 0 saturated carbocycles. The van der Waals surface area contributed by atoms with Crippen molar-refractivity contribution >= 4 is 11.6 Å². The van der Waals surface area contributed by atoms with Gasteiger partial charge in [-0.1, -0.05) is 24.3 Å². The number of rotatable bonds is 4. The zero-order valence-corrected chi connectivity index (χ0v) is 13.9. The van der Waals surface area contributed by atoms with Crippen LogP contribution in [0.3, 0.4) is 0 Å². The fourth-order valence-electron chi connectivity index (χ4n) is 2.55. The maximum atomic E-state index is 12.5. The molecule has 0 fully saturated rings. The molecule has 0 aliphatic carbocycles. The number of aromatic amines is 1. The molecule has 0 atom stereocenters. The van der Waals surface area contributed by atoms with Gasteiger partial charge in [0.25, 0.3) is 5.91 Å². The highest BCUT2D eigenvalue weighted by molar-refractivity contribution is 6.04. The highest BCUT2D eigenvalue weighted by Gasteiger charge is 2.09. The average molecular weight is 345 g/mol. The molecule has 2 N–H and O–H groups in total. The standard InChI is InChI=1S/C18H15N7O/c1-25-23-17(22-24-25)12-5-7-13(8-6-12)18(26)21-15-4-2-3-14(9-15)16-10-19-11-20-16/h2-11H,1H3,(H,19,20)(H,21,26). The normalized spacial score (nSPS) is 10.7. The first kappa shape index (κ1) is 15.7. The minimum atomic E-state index is -0.189. The number of hydrogen-bond donors (Lipinski definition) is 2. The van der Waals surface area contributed by atoms with Gasteiger partial charge >= 0.3 is 0 Å². The lowest BCUT2D eigenvalue weighted by molar-refractivity contribution is 0.102. The van der Waals surface area contributed by atoms with E-state index in [1.807, 2.05) is 24.3 Å². The van der Waals surface area contributed by atoms with Crippen molar-refractivity contribution in [3.63, 3.8) is 0 Å². The van der Waals surface area contributed by atoms with Gasteiger partial charge in [0.2, 0.25) is 5.82 Å². The van der Waals surface area contributed by atoms with Crippen LogP contribution in [0, 0.1) is 0 Å². The van der Waals surface area contributed by atoms with E-state index in [-0.39, 0.29) is 5.91 Å². The maximum Gasteiger partial charge on any atom is 0.255 e. The number of carbonyl (C=O) groups is 1. The minimum absolute atomic E-state index is 0.189. The maximum absolute atomic E-state index is 12.5. The summed E-state index contributed by atoms with van der Waals surface area (Å²) < 4.78 is 0. The Morgan fingerprint density at radius 2 is 1.96 bits per heavy atom. The number of aryl methyl sites for hydroxylation is 1. The van der Waals surface area contributed by atoms with Crippen LogP contribution in [0.5, 0.6) is 0 Å². The van der Waals surface area contributed by atoms with Crippen LogP contribution in [0.1, 0.15) is 10.4 Å². The number of H-pyrrole nitrogens is 1. The monoisotopic (exact) mass is 345 g/mol. The fourth-order valence-corrected chi connectivity index (χ4v) is 2.55. The van der Waals surface area contributed by atoms with Gasteiger partial charge in [-0.05, 0) is 29.5 Å². The summed E-state index contributed by atoms with van der Waals surface area (Å²) in [5.74, 6) is 0.331. The molecule has 8 nitrogen and oxygen atoms in total. The van der Waals surface area contributed by atoms with Crippen LogP contribution in [0.4, 0.5) is 5.69 Å². The molecule has 128 valence electrons. The Morgan fingerprint density at radius 1 is 1.12 bits per heavy atom. The van der Waals surface area contributed by atoms with E-state index in [9.17, 15) is 4.79 Å². The SMILES string of the molecule is Cn1nnc(-c2ccc(C(=O)Nc3cccc(-c4cnc[nH]4)c3)cc2)n1. The van der Waals surface area contributed by atoms with E-state index >= 15 is 0 Å². The Hall–Kier alpha value is -3.81. The van der Waals surface area contributed by atoms with Crippen molar-refractivity contribution in [2.45, 2.75) is 0 Å². The van der Waals surface area contributed by atoms with Crippen molar-refractivity contribution < 1.29 is 4.79 Å². The van der Waals surface area contributed by atoms with Gasteiger partial charge in [-0.3, -0.25) is 4.79 Å². The van der Waals surface area contributed by atoms with Gasteiger partial charge in [-0.15, -0.1) is 10.2 Å². The number of carbonyl (C=O) groups excluding carboxylic acids is 1. The van der Waals surface area contributed by atoms with Gasteiger partial charge in [0.15, 0.2) is 0 Å². The lowest BCUT2D eigenvalue weighted by Crippen LogP contribution is -2.11. The van der Waals surface area contributed by atoms with Crippen LogP contribution < -0.4 is 5.32 Å². The van der Waals surface area contributed by atoms with E-state index in [1.165, 1.54) is 4.80 Å². The third kappa shape index (κ3) is 3.20. The summed E-state index contributed by atoms with van der Waals surface area (Å²) in [7, 11) is 1.70. The van der Waals surface area contributed by atoms with E-state index in [0.29, 0.717) is 17.1 Å². The summed E-state index contributed by atoms with van der Waals surface area (Å²) in [5, 5.41) is 14.8. The summed E-state index contributed by atoms with van der Waals surface area (Å²) >= 11 is 0. The van der Waals surface area contributed by atoms with Crippen molar-refractivity contribution in [3.8, 4) is 22.6 Å². The molecule has 0 aliphatic heterocycles. The van der Waals surface area contributed by atoms with Crippen molar-refractivity contribution in [1.82, 2.24) is 30.2 Å². The van der Waals surface area contributed by atoms with Gasteiger partial charge in [0.1, 0.15) is 0 Å². The summed E-state index contributed by atoms with van der Waals surface area (Å²) in [6.07, 6.45) is 3.36. The average Bonchev–Trinajstić information content (AvgIpc) is 3.34. The summed E-state index contributed by atoms with van der Waals surface area (Å²) in [4.78, 5) is 20.9. The van der Waals surface area contributed by atoms with Gasteiger partial charge in [-0.2, -0.15) is 4.80 Å². The summed E-state index contributed by atoms with van der Waals surface area (Å²) in [5.41, 5.74) is 3.90. The van der Waals surface area contributed by atoms with Crippen molar-refractivity contribution in [2.24, 2.45) is 7.05 Å². The Labute approximate surface area is 148 Å². The second-order valence-electron chi connectivity index (χ2n) is 5.68. The predicted molar refractivity (Wildman–Crippen MR) is 96.2 cm³/mol. The molecule has 0 saturated heterocycles. The second-order valence-corrected chi connectivity index (χ2v) is 5.68. The molecule has 0 spiro atoms. The van der Waals surface area contributed by atoms with Crippen LogP contribution in [0.15, 0.2) is 61.1 Å². The molecule has 0 radical (unpaired) electrons. The van der Waals surface area contributed by atoms with E-state index in [2.05, 4.69) is 30.7 Å². The number of nitrogens with zero attached hydrogens (tertiary/aromatic N) is 5. The molecular weight excluding hydrogens is 330 g/mol. The topological polar surface area (TPSA) is 101 Å². The van der Waals surface area contributed by atoms with Crippen LogP contribution in [0.25, 0.3) is 22.6 Å². The van der Waals surface area contributed by atoms with Crippen LogP contribution in [-0.4, -0.2) is 36.1 Å². The molecule has 0 unspecified atom stereocenters. The van der Waals surface area contributed by atoms with Gasteiger partial charge in [-0.25, -0.2) is 4.98 Å². The molecule has 4 rings (SSSR count). The third-order valence-corrected chi connectivity index (χ3v) is 3.84. The molecule has 2 aromatic carbocycles. The molecule has 2 aromatic heterocycles. The molecule has 0 aliphatic rings. The number of benzene rings is 2. The zero-order valence-electron chi connectivity index (χ0n) is 13.9. The Morgan fingerprint density at radius 3 is 2.65 bits per heavy atom. The molecule has 4 aromatic rings. The predicted octanol–water partition coefficient (Wildman–Crippen LogP) is 2.52. The fraction of sp³-hybridized carbons (Fsp3) is 0.0556. The lowest BCUT2D eigenvalue weighted by atomic mass is 10.1. The Balaban J connectivity index is 1.51. The van der Waals surface area contributed by atoms with Crippen LogP contribution >= 0.6 is 0 Å². The molecular formula is C18H15N7O. The van der Waals surface area contributed by atoms with Gasteiger partial charge in [0, 0.05) is 22.4 Å². The number of aromatic nitrogens is 6. The summed E-state index contributed by atoms with van der Waals surface area (Å²) in [6, 6.07) is 14.6. The van der Waals surface area contributed by atoms with Crippen molar-refractivity contribution in [3.05, 3.63) is 66.6 Å². The number of hydrogen-bond acceptors (Lipinski definition) is 5. The van der Waals surface area contributed by atoms with E-state index in [4.69, 9.17) is 0 Å². The molecule has 0 bridgehead atoms. The minimum Gasteiger partial charge on any atom is -0.345 e. The molecule has 26 heavy (non-hydrogen) atoms. The number of amides is 1. The smallest absolute Gasteiger partial charge is 0.255 e. The Kier molecular flexibility index (Phi) is 3.98. The number of imidazole rings is 1. The van der Waals surface area contributed by atoms with E-state index in [0.717, 1.165) is 16.8 Å². The van der Waals surface area contributed by atoms with E-state index in [1.54, 1.807) is 43.8 Å². The molecule has 2 heterocycles. The van der Waals surface area contributed by atoms with Crippen molar-refractivity contribution in [1.29, 1.82) is 0 Å². The first-order chi connectivity index (χ1) is 12.7. The van der Waals surface area contributed by atoms with Crippen LogP contribution in [-0.2, 0) is 7.05 Å². The zero-order chi connectivity index (χ0) is 17.9. The van der Waals surface area contributed by atoms with E-state index < -0.39 is 0 Å². The summed E-state index contributed by atoms with van der Waals surface area (Å²) in [6.45, 7) is 0. The highest BCUT2D eigenvalue weighted by Crippen LogP contribution is 2.21. The van der Waals surface area contributed by atoms with Crippen LogP contribution in [0.2, 0.25) is 0 Å². The lowest BCUT2D eigenvalue weighted by Gasteiger charge is -2.07. The quantitative estimate of drug-likeness (QED) is 0.592. The van der Waals surface area contributed by atoms with Gasteiger partial charge < -0.3 is 10.3 Å². The Bertz CT molecular complexity index is 1040. The first-order valence-electron chi connectivity index (χ1n) is 7.94. The molecule has 8 heteroatoms. The number of nitrogens with one attached hydrogen (secondary N) is 2. The third-order valence-electron chi connectivity index (χ3n) is 3.84. The number of tetrazole rings is 1. The second kappa shape index (κ2) is 6.60. The number of anilines is 1. The van der Waals surface area contributed by atoms with Crippen molar-refractivity contribution in [2.75, 3.05) is 5.32 Å². The first-order valence-corrected chi connectivity index (χ1v) is 7.94. The van der Waals surface area contributed by atoms with Gasteiger partial charge in [0.05, 0.1) is 25.3 Å².